The SMILES string of the molecule is Cc1ccc2[nH]cc(C(=O)N3CCCCC3)c(=O)c2c1. The molecule has 1 fully saturated rings. The summed E-state index contributed by atoms with van der Waals surface area (Å²) in [5.41, 5.74) is 1.88. The molecule has 0 unspecified atom stereocenters. The maximum atomic E-state index is 12.5. The third-order valence-electron chi connectivity index (χ3n) is 3.91. The van der Waals surface area contributed by atoms with Gasteiger partial charge in [0.15, 0.2) is 0 Å². The zero-order valence-electron chi connectivity index (χ0n) is 11.6. The molecule has 0 radical (unpaired) electrons. The molecule has 0 saturated carbocycles. The van der Waals surface area contributed by atoms with Gasteiger partial charge in [0.1, 0.15) is 5.56 Å². The van der Waals surface area contributed by atoms with E-state index in [1.807, 2.05) is 25.1 Å². The van der Waals surface area contributed by atoms with Gasteiger partial charge in [-0.05, 0) is 38.3 Å². The molecule has 20 heavy (non-hydrogen) atoms. The van der Waals surface area contributed by atoms with Gasteiger partial charge in [0.2, 0.25) is 5.43 Å². The number of hydrogen-bond donors (Lipinski definition) is 1. The first-order valence-electron chi connectivity index (χ1n) is 7.08. The van der Waals surface area contributed by atoms with E-state index in [2.05, 4.69) is 4.98 Å². The van der Waals surface area contributed by atoms with E-state index in [0.29, 0.717) is 5.39 Å². The fourth-order valence-corrected chi connectivity index (χ4v) is 2.76. The summed E-state index contributed by atoms with van der Waals surface area (Å²) in [6.45, 7) is 3.45. The summed E-state index contributed by atoms with van der Waals surface area (Å²) in [6.07, 6.45) is 4.76. The number of aromatic amines is 1. The van der Waals surface area contributed by atoms with Crippen molar-refractivity contribution in [1.29, 1.82) is 0 Å². The summed E-state index contributed by atoms with van der Waals surface area (Å²) in [5, 5.41) is 0.591. The van der Waals surface area contributed by atoms with Crippen molar-refractivity contribution in [3.63, 3.8) is 0 Å². The largest absolute Gasteiger partial charge is 0.360 e. The van der Waals surface area contributed by atoms with Crippen LogP contribution in [0.4, 0.5) is 0 Å². The summed E-state index contributed by atoms with van der Waals surface area (Å²) in [4.78, 5) is 29.8. The third-order valence-corrected chi connectivity index (χ3v) is 3.91. The number of carbonyl (C=O) groups is 1. The summed E-state index contributed by atoms with van der Waals surface area (Å²) in [7, 11) is 0. The quantitative estimate of drug-likeness (QED) is 0.865. The van der Waals surface area contributed by atoms with E-state index in [4.69, 9.17) is 0 Å². The Kier molecular flexibility index (Phi) is 3.30. The summed E-state index contributed by atoms with van der Waals surface area (Å²) < 4.78 is 0. The number of hydrogen-bond acceptors (Lipinski definition) is 2. The smallest absolute Gasteiger partial charge is 0.259 e. The highest BCUT2D eigenvalue weighted by atomic mass is 16.2. The number of H-pyrrole nitrogens is 1. The van der Waals surface area contributed by atoms with Crippen LogP contribution in [0.15, 0.2) is 29.2 Å². The van der Waals surface area contributed by atoms with E-state index in [1.165, 1.54) is 0 Å². The number of nitrogens with zero attached hydrogens (tertiary/aromatic N) is 1. The Balaban J connectivity index is 2.05. The molecule has 4 nitrogen and oxygen atoms in total. The summed E-state index contributed by atoms with van der Waals surface area (Å²) in [6, 6.07) is 5.66. The minimum Gasteiger partial charge on any atom is -0.360 e. The molecule has 0 atom stereocenters. The Morgan fingerprint density at radius 1 is 1.20 bits per heavy atom. The Morgan fingerprint density at radius 2 is 1.95 bits per heavy atom. The molecule has 1 N–H and O–H groups in total. The highest BCUT2D eigenvalue weighted by molar-refractivity contribution is 5.97. The van der Waals surface area contributed by atoms with Crippen molar-refractivity contribution < 1.29 is 4.79 Å². The average Bonchev–Trinajstić information content (AvgIpc) is 2.48. The highest BCUT2D eigenvalue weighted by Crippen LogP contribution is 2.14. The van der Waals surface area contributed by atoms with Gasteiger partial charge in [0.05, 0.1) is 0 Å². The number of likely N-dealkylation sites (tertiary alicyclic amines) is 1. The molecule has 104 valence electrons. The van der Waals surface area contributed by atoms with Gasteiger partial charge in [0, 0.05) is 30.2 Å². The van der Waals surface area contributed by atoms with Crippen molar-refractivity contribution in [1.82, 2.24) is 9.88 Å². The summed E-state index contributed by atoms with van der Waals surface area (Å²) >= 11 is 0. The third kappa shape index (κ3) is 2.22. The monoisotopic (exact) mass is 270 g/mol. The van der Waals surface area contributed by atoms with E-state index in [0.717, 1.165) is 43.4 Å². The number of pyridine rings is 1. The van der Waals surface area contributed by atoms with Crippen molar-refractivity contribution in [2.45, 2.75) is 26.2 Å². The molecule has 0 spiro atoms. The molecule has 2 heterocycles. The normalized spacial score (nSPS) is 15.6. The lowest BCUT2D eigenvalue weighted by Gasteiger charge is -2.26. The second-order valence-corrected chi connectivity index (χ2v) is 5.43. The maximum Gasteiger partial charge on any atom is 0.259 e. The minimum atomic E-state index is -0.168. The first kappa shape index (κ1) is 12.9. The molecule has 1 aromatic carbocycles. The maximum absolute atomic E-state index is 12.5. The van der Waals surface area contributed by atoms with E-state index < -0.39 is 0 Å². The lowest BCUT2D eigenvalue weighted by molar-refractivity contribution is 0.0723. The number of carbonyl (C=O) groups excluding carboxylic acids is 1. The van der Waals surface area contributed by atoms with Gasteiger partial charge in [-0.15, -0.1) is 0 Å². The van der Waals surface area contributed by atoms with Gasteiger partial charge in [-0.2, -0.15) is 0 Å². The fourth-order valence-electron chi connectivity index (χ4n) is 2.76. The van der Waals surface area contributed by atoms with Crippen LogP contribution in [0, 0.1) is 6.92 Å². The van der Waals surface area contributed by atoms with Crippen LogP contribution in [0.1, 0.15) is 35.2 Å². The molecular weight excluding hydrogens is 252 g/mol. The van der Waals surface area contributed by atoms with Crippen LogP contribution in [-0.4, -0.2) is 28.9 Å². The van der Waals surface area contributed by atoms with Crippen molar-refractivity contribution in [3.8, 4) is 0 Å². The zero-order chi connectivity index (χ0) is 14.1. The van der Waals surface area contributed by atoms with Crippen molar-refractivity contribution in [3.05, 3.63) is 45.7 Å². The fraction of sp³-hybridized carbons (Fsp3) is 0.375. The van der Waals surface area contributed by atoms with Crippen molar-refractivity contribution in [2.75, 3.05) is 13.1 Å². The van der Waals surface area contributed by atoms with Gasteiger partial charge in [-0.3, -0.25) is 9.59 Å². The average molecular weight is 270 g/mol. The number of rotatable bonds is 1. The van der Waals surface area contributed by atoms with Crippen LogP contribution >= 0.6 is 0 Å². The Morgan fingerprint density at radius 3 is 2.70 bits per heavy atom. The number of nitrogens with one attached hydrogen (secondary N) is 1. The van der Waals surface area contributed by atoms with Gasteiger partial charge in [0.25, 0.3) is 5.91 Å². The molecule has 1 aliphatic rings. The topological polar surface area (TPSA) is 53.2 Å². The van der Waals surface area contributed by atoms with Crippen LogP contribution in [0.3, 0.4) is 0 Å². The highest BCUT2D eigenvalue weighted by Gasteiger charge is 2.21. The first-order valence-corrected chi connectivity index (χ1v) is 7.08. The van der Waals surface area contributed by atoms with E-state index in [-0.39, 0.29) is 16.9 Å². The predicted molar refractivity (Wildman–Crippen MR) is 79.1 cm³/mol. The van der Waals surface area contributed by atoms with Crippen LogP contribution in [0.2, 0.25) is 0 Å². The Bertz CT molecular complexity index is 712. The Labute approximate surface area is 117 Å². The number of aryl methyl sites for hydroxylation is 1. The van der Waals surface area contributed by atoms with Crippen LogP contribution in [0.5, 0.6) is 0 Å². The van der Waals surface area contributed by atoms with E-state index in [1.54, 1.807) is 11.1 Å². The van der Waals surface area contributed by atoms with Crippen LogP contribution in [0.25, 0.3) is 10.9 Å². The van der Waals surface area contributed by atoms with Crippen LogP contribution < -0.4 is 5.43 Å². The van der Waals surface area contributed by atoms with Crippen LogP contribution in [-0.2, 0) is 0 Å². The van der Waals surface area contributed by atoms with Gasteiger partial charge >= 0.3 is 0 Å². The van der Waals surface area contributed by atoms with Gasteiger partial charge < -0.3 is 9.88 Å². The van der Waals surface area contributed by atoms with E-state index >= 15 is 0 Å². The van der Waals surface area contributed by atoms with Gasteiger partial charge in [-0.25, -0.2) is 0 Å². The second-order valence-electron chi connectivity index (χ2n) is 5.43. The molecular formula is C16H18N2O2. The lowest BCUT2D eigenvalue weighted by Crippen LogP contribution is -2.38. The van der Waals surface area contributed by atoms with Crippen molar-refractivity contribution in [2.24, 2.45) is 0 Å². The molecule has 1 saturated heterocycles. The lowest BCUT2D eigenvalue weighted by atomic mass is 10.1. The molecule has 2 aromatic rings. The summed E-state index contributed by atoms with van der Waals surface area (Å²) in [5.74, 6) is -0.144. The minimum absolute atomic E-state index is 0.144. The van der Waals surface area contributed by atoms with Crippen molar-refractivity contribution >= 4 is 16.8 Å². The van der Waals surface area contributed by atoms with Gasteiger partial charge in [-0.1, -0.05) is 11.6 Å². The molecule has 0 bridgehead atoms. The first-order chi connectivity index (χ1) is 9.66. The predicted octanol–water partition coefficient (Wildman–Crippen LogP) is 2.46. The molecule has 4 heteroatoms. The molecule has 3 rings (SSSR count). The Hall–Kier alpha value is -2.10. The molecule has 1 aliphatic heterocycles. The number of amides is 1. The van der Waals surface area contributed by atoms with E-state index in [9.17, 15) is 9.59 Å². The molecule has 1 aromatic heterocycles. The molecule has 1 amide bonds. The standard InChI is InChI=1S/C16H18N2O2/c1-11-5-6-14-12(9-11)15(19)13(10-17-14)16(20)18-7-3-2-4-8-18/h5-6,9-10H,2-4,7-8H2,1H3,(H,17,19). The molecule has 0 aliphatic carbocycles. The number of aromatic nitrogens is 1. The number of fused-ring (bicyclic) bond motifs is 1. The zero-order valence-corrected chi connectivity index (χ0v) is 11.6. The number of benzene rings is 1. The second kappa shape index (κ2) is 5.12. The number of piperidine rings is 1.